The van der Waals surface area contributed by atoms with E-state index in [1.807, 2.05) is 68.7 Å². The minimum Gasteiger partial charge on any atom is -0.455 e. The SMILES string of the molecule is CN1CCC2(CC1)C1=C3C(=C(N)C2(C#N)C#N)C(=N)O[C@]2(C(=O)N(Cc4ccccc4)c4ccccc42)[C@H]3CN(C)C1. The van der Waals surface area contributed by atoms with Crippen molar-refractivity contribution in [2.24, 2.45) is 22.5 Å². The highest BCUT2D eigenvalue weighted by Crippen LogP contribution is 2.65. The predicted molar refractivity (Wildman–Crippen MR) is 157 cm³/mol. The van der Waals surface area contributed by atoms with Crippen LogP contribution in [0.4, 0.5) is 5.69 Å². The molecule has 42 heavy (non-hydrogen) atoms. The minimum absolute atomic E-state index is 0.0880. The van der Waals surface area contributed by atoms with Crippen LogP contribution in [-0.2, 0) is 21.7 Å². The van der Waals surface area contributed by atoms with E-state index in [1.165, 1.54) is 0 Å². The summed E-state index contributed by atoms with van der Waals surface area (Å²) in [5, 5.41) is 30.6. The lowest BCUT2D eigenvalue weighted by atomic mass is 9.48. The van der Waals surface area contributed by atoms with Gasteiger partial charge in [-0.1, -0.05) is 48.5 Å². The van der Waals surface area contributed by atoms with Crippen molar-refractivity contribution in [2.45, 2.75) is 25.0 Å². The maximum atomic E-state index is 14.8. The molecule has 1 aliphatic carbocycles. The number of nitriles is 2. The van der Waals surface area contributed by atoms with Crippen molar-refractivity contribution in [3.05, 3.63) is 88.1 Å². The van der Waals surface area contributed by atoms with E-state index in [-0.39, 0.29) is 17.5 Å². The fourth-order valence-corrected chi connectivity index (χ4v) is 8.29. The number of anilines is 1. The summed E-state index contributed by atoms with van der Waals surface area (Å²) in [4.78, 5) is 21.0. The van der Waals surface area contributed by atoms with Gasteiger partial charge in [-0.3, -0.25) is 10.2 Å². The maximum absolute atomic E-state index is 14.8. The topological polar surface area (TPSA) is 133 Å². The Morgan fingerprint density at radius 3 is 2.38 bits per heavy atom. The first kappa shape index (κ1) is 26.5. The van der Waals surface area contributed by atoms with E-state index in [1.54, 1.807) is 4.90 Å². The maximum Gasteiger partial charge on any atom is 0.277 e. The molecule has 0 aromatic heterocycles. The van der Waals surface area contributed by atoms with Crippen LogP contribution >= 0.6 is 0 Å². The van der Waals surface area contributed by atoms with E-state index < -0.39 is 22.3 Å². The molecule has 9 nitrogen and oxygen atoms in total. The molecule has 0 radical (unpaired) electrons. The molecule has 2 saturated heterocycles. The number of nitrogens with two attached hydrogens (primary N) is 1. The van der Waals surface area contributed by atoms with Crippen LogP contribution in [-0.4, -0.2) is 61.9 Å². The number of hydrogen-bond acceptors (Lipinski definition) is 8. The number of nitrogens with one attached hydrogen (secondary N) is 1. The number of carbonyl (C=O) groups excluding carboxylic acids is 1. The van der Waals surface area contributed by atoms with Crippen molar-refractivity contribution >= 4 is 17.5 Å². The van der Waals surface area contributed by atoms with E-state index in [2.05, 4.69) is 21.9 Å². The van der Waals surface area contributed by atoms with Crippen molar-refractivity contribution in [3.63, 3.8) is 0 Å². The average molecular weight is 560 g/mol. The molecule has 7 rings (SSSR count). The number of piperidine rings is 1. The summed E-state index contributed by atoms with van der Waals surface area (Å²) >= 11 is 0. The quantitative estimate of drug-likeness (QED) is 0.577. The lowest BCUT2D eigenvalue weighted by Crippen LogP contribution is -2.63. The monoisotopic (exact) mass is 559 g/mol. The highest BCUT2D eigenvalue weighted by Gasteiger charge is 2.69. The second-order valence-electron chi connectivity index (χ2n) is 12.4. The van der Waals surface area contributed by atoms with Gasteiger partial charge in [-0.2, -0.15) is 10.5 Å². The van der Waals surface area contributed by atoms with Crippen LogP contribution in [0, 0.1) is 44.8 Å². The van der Waals surface area contributed by atoms with Gasteiger partial charge >= 0.3 is 0 Å². The van der Waals surface area contributed by atoms with Crippen LogP contribution < -0.4 is 10.6 Å². The fourth-order valence-electron chi connectivity index (χ4n) is 8.29. The Bertz CT molecular complexity index is 1660. The van der Waals surface area contributed by atoms with E-state index in [0.29, 0.717) is 51.1 Å². The number of likely N-dealkylation sites (tertiary alicyclic amines) is 1. The Labute approximate surface area is 245 Å². The molecule has 3 N–H and O–H groups in total. The number of amides is 1. The number of carbonyl (C=O) groups is 1. The number of rotatable bonds is 2. The molecule has 2 fully saturated rings. The van der Waals surface area contributed by atoms with Gasteiger partial charge in [0.25, 0.3) is 5.91 Å². The highest BCUT2D eigenvalue weighted by molar-refractivity contribution is 6.12. The summed E-state index contributed by atoms with van der Waals surface area (Å²) in [5.41, 5.74) is 7.62. The summed E-state index contributed by atoms with van der Waals surface area (Å²) < 4.78 is 6.56. The molecule has 0 unspecified atom stereocenters. The molecule has 1 amide bonds. The molecule has 2 aromatic carbocycles. The standard InChI is InChI=1S/C33H33N7O2/c1-38-14-12-31(13-15-38)23-17-39(2)18-24-26(23)27(28(36)32(31,19-34)20-35)29(37)42-33(24)22-10-6-7-11-25(22)40(30(33)41)16-21-8-4-3-5-9-21/h3-11,24,37H,12-18,36H2,1-2H3/t24-,33-/m0/s1. The fraction of sp³-hybridized carbons (Fsp3) is 0.394. The van der Waals surface area contributed by atoms with Gasteiger partial charge in [-0.05, 0) is 62.8 Å². The van der Waals surface area contributed by atoms with Gasteiger partial charge < -0.3 is 25.2 Å². The first-order chi connectivity index (χ1) is 20.2. The molecule has 9 heteroatoms. The zero-order valence-corrected chi connectivity index (χ0v) is 23.9. The lowest BCUT2D eigenvalue weighted by Gasteiger charge is -2.58. The Morgan fingerprint density at radius 2 is 1.69 bits per heavy atom. The van der Waals surface area contributed by atoms with Crippen LogP contribution in [0.25, 0.3) is 0 Å². The van der Waals surface area contributed by atoms with Gasteiger partial charge in [0.2, 0.25) is 11.5 Å². The Kier molecular flexibility index (Phi) is 5.69. The van der Waals surface area contributed by atoms with Gasteiger partial charge in [0.1, 0.15) is 0 Å². The van der Waals surface area contributed by atoms with E-state index in [4.69, 9.17) is 10.5 Å². The number of likely N-dealkylation sites (N-methyl/N-ethyl adjacent to an activating group) is 1. The largest absolute Gasteiger partial charge is 0.455 e. The third kappa shape index (κ3) is 3.13. The first-order valence-corrected chi connectivity index (χ1v) is 14.4. The molecule has 5 aliphatic rings. The normalized spacial score (nSPS) is 27.9. The molecule has 2 atom stereocenters. The number of nitrogens with zero attached hydrogens (tertiary/aromatic N) is 5. The van der Waals surface area contributed by atoms with E-state index >= 15 is 0 Å². The molecule has 212 valence electrons. The third-order valence-electron chi connectivity index (χ3n) is 10.3. The third-order valence-corrected chi connectivity index (χ3v) is 10.3. The molecule has 4 heterocycles. The Morgan fingerprint density at radius 1 is 1.02 bits per heavy atom. The van der Waals surface area contributed by atoms with Crippen LogP contribution in [0.2, 0.25) is 0 Å². The van der Waals surface area contributed by atoms with Crippen LogP contribution in [0.3, 0.4) is 0 Å². The predicted octanol–water partition coefficient (Wildman–Crippen LogP) is 3.27. The molecular formula is C33H33N7O2. The van der Waals surface area contributed by atoms with Crippen LogP contribution in [0.15, 0.2) is 77.0 Å². The first-order valence-electron chi connectivity index (χ1n) is 14.4. The summed E-state index contributed by atoms with van der Waals surface area (Å²) in [6.45, 7) is 2.83. The van der Waals surface area contributed by atoms with Crippen molar-refractivity contribution in [1.29, 1.82) is 15.9 Å². The second kappa shape index (κ2) is 9.03. The van der Waals surface area contributed by atoms with Gasteiger partial charge in [0.05, 0.1) is 41.6 Å². The van der Waals surface area contributed by atoms with Crippen LogP contribution in [0.5, 0.6) is 0 Å². The average Bonchev–Trinajstić information content (AvgIpc) is 3.22. The van der Waals surface area contributed by atoms with Gasteiger partial charge in [-0.25, -0.2) is 0 Å². The number of benzene rings is 2. The number of allylic oxidation sites excluding steroid dienone is 1. The van der Waals surface area contributed by atoms with Crippen molar-refractivity contribution in [3.8, 4) is 12.1 Å². The molecule has 2 spiro atoms. The molecule has 2 aromatic rings. The lowest BCUT2D eigenvalue weighted by molar-refractivity contribution is -0.141. The second-order valence-corrected chi connectivity index (χ2v) is 12.4. The molecule has 4 aliphatic heterocycles. The highest BCUT2D eigenvalue weighted by atomic mass is 16.5. The van der Waals surface area contributed by atoms with Crippen molar-refractivity contribution in [2.75, 3.05) is 45.2 Å². The smallest absolute Gasteiger partial charge is 0.277 e. The van der Waals surface area contributed by atoms with Crippen molar-refractivity contribution < 1.29 is 9.53 Å². The van der Waals surface area contributed by atoms with Crippen molar-refractivity contribution in [1.82, 2.24) is 9.80 Å². The van der Waals surface area contributed by atoms with Gasteiger partial charge in [0, 0.05) is 24.1 Å². The van der Waals surface area contributed by atoms with Gasteiger partial charge in [0.15, 0.2) is 5.41 Å². The zero-order chi connectivity index (χ0) is 29.4. The summed E-state index contributed by atoms with van der Waals surface area (Å²) in [5.74, 6) is -0.935. The minimum atomic E-state index is -1.64. The number of para-hydroxylation sites is 1. The summed E-state index contributed by atoms with van der Waals surface area (Å²) in [6, 6.07) is 22.2. The summed E-state index contributed by atoms with van der Waals surface area (Å²) in [6.07, 6.45) is 1.17. The summed E-state index contributed by atoms with van der Waals surface area (Å²) in [7, 11) is 4.05. The molecule has 0 saturated carbocycles. The molecule has 0 bridgehead atoms. The van der Waals surface area contributed by atoms with E-state index in [9.17, 15) is 20.7 Å². The zero-order valence-electron chi connectivity index (χ0n) is 23.9. The number of ether oxygens (including phenoxy) is 1. The van der Waals surface area contributed by atoms with Gasteiger partial charge in [-0.15, -0.1) is 0 Å². The van der Waals surface area contributed by atoms with E-state index in [0.717, 1.165) is 28.0 Å². The Balaban J connectivity index is 1.48. The molecular weight excluding hydrogens is 526 g/mol. The number of hydrogen-bond donors (Lipinski definition) is 2. The Hall–Kier alpha value is -4.44. The number of fused-ring (bicyclic) bond motifs is 4. The van der Waals surface area contributed by atoms with Crippen LogP contribution in [0.1, 0.15) is 24.0 Å².